The van der Waals surface area contributed by atoms with E-state index in [4.69, 9.17) is 5.11 Å². The molecule has 3 heteroatoms. The van der Waals surface area contributed by atoms with E-state index in [0.29, 0.717) is 12.0 Å². The smallest absolute Gasteiger partial charge is 0.304 e. The molecule has 1 rings (SSSR count). The molecule has 0 spiro atoms. The normalized spacial score (nSPS) is 17.4. The maximum absolute atomic E-state index is 10.5. The highest BCUT2D eigenvalue weighted by molar-refractivity contribution is 5.66. The van der Waals surface area contributed by atoms with Crippen LogP contribution in [-0.2, 0) is 4.79 Å². The monoisotopic (exact) mass is 199 g/mol. The van der Waals surface area contributed by atoms with Gasteiger partial charge < -0.3 is 5.11 Å². The lowest BCUT2D eigenvalue weighted by Crippen LogP contribution is -2.43. The summed E-state index contributed by atoms with van der Waals surface area (Å²) < 4.78 is 0. The SMILES string of the molecule is CC(C)CN(CCC(=O)O)C1CCC1. The van der Waals surface area contributed by atoms with Crippen molar-refractivity contribution in [2.75, 3.05) is 13.1 Å². The second-order valence-electron chi connectivity index (χ2n) is 4.62. The topological polar surface area (TPSA) is 40.5 Å². The summed E-state index contributed by atoms with van der Waals surface area (Å²) >= 11 is 0. The van der Waals surface area contributed by atoms with Gasteiger partial charge in [0.2, 0.25) is 0 Å². The van der Waals surface area contributed by atoms with Gasteiger partial charge in [-0.3, -0.25) is 9.69 Å². The van der Waals surface area contributed by atoms with Crippen molar-refractivity contribution in [1.82, 2.24) is 4.90 Å². The average molecular weight is 199 g/mol. The van der Waals surface area contributed by atoms with Crippen molar-refractivity contribution < 1.29 is 9.90 Å². The number of hydrogen-bond acceptors (Lipinski definition) is 2. The van der Waals surface area contributed by atoms with Gasteiger partial charge in [0.15, 0.2) is 0 Å². The third kappa shape index (κ3) is 3.66. The Morgan fingerprint density at radius 1 is 1.50 bits per heavy atom. The molecule has 0 saturated heterocycles. The van der Waals surface area contributed by atoms with Gasteiger partial charge >= 0.3 is 5.97 Å². The Morgan fingerprint density at radius 2 is 2.14 bits per heavy atom. The Bertz CT molecular complexity index is 188. The minimum atomic E-state index is -0.682. The summed E-state index contributed by atoms with van der Waals surface area (Å²) in [5, 5.41) is 8.64. The molecule has 1 saturated carbocycles. The summed E-state index contributed by atoms with van der Waals surface area (Å²) in [6.45, 7) is 6.13. The van der Waals surface area contributed by atoms with Crippen LogP contribution in [0.5, 0.6) is 0 Å². The number of hydrogen-bond donors (Lipinski definition) is 1. The van der Waals surface area contributed by atoms with Crippen LogP contribution in [0.25, 0.3) is 0 Å². The lowest BCUT2D eigenvalue weighted by molar-refractivity contribution is -0.137. The lowest BCUT2D eigenvalue weighted by atomic mass is 9.90. The highest BCUT2D eigenvalue weighted by Crippen LogP contribution is 2.25. The van der Waals surface area contributed by atoms with Gasteiger partial charge in [0, 0.05) is 19.1 Å². The Balaban J connectivity index is 2.31. The molecule has 0 aromatic rings. The molecule has 0 aliphatic heterocycles. The molecular weight excluding hydrogens is 178 g/mol. The summed E-state index contributed by atoms with van der Waals surface area (Å²) in [7, 11) is 0. The maximum atomic E-state index is 10.5. The standard InChI is InChI=1S/C11H21NO2/c1-9(2)8-12(7-6-11(13)14)10-4-3-5-10/h9-10H,3-8H2,1-2H3,(H,13,14). The fourth-order valence-corrected chi connectivity index (χ4v) is 1.88. The second kappa shape index (κ2) is 5.35. The predicted octanol–water partition coefficient (Wildman–Crippen LogP) is 1.97. The van der Waals surface area contributed by atoms with Crippen molar-refractivity contribution in [3.8, 4) is 0 Å². The predicted molar refractivity (Wildman–Crippen MR) is 56.3 cm³/mol. The molecule has 0 aromatic heterocycles. The van der Waals surface area contributed by atoms with Gasteiger partial charge in [0.1, 0.15) is 0 Å². The van der Waals surface area contributed by atoms with Gasteiger partial charge in [-0.25, -0.2) is 0 Å². The van der Waals surface area contributed by atoms with Crippen molar-refractivity contribution in [3.05, 3.63) is 0 Å². The Hall–Kier alpha value is -0.570. The quantitative estimate of drug-likeness (QED) is 0.711. The van der Waals surface area contributed by atoms with Gasteiger partial charge in [-0.05, 0) is 18.8 Å². The van der Waals surface area contributed by atoms with E-state index in [1.54, 1.807) is 0 Å². The third-order valence-corrected chi connectivity index (χ3v) is 2.80. The molecule has 14 heavy (non-hydrogen) atoms. The maximum Gasteiger partial charge on any atom is 0.304 e. The minimum absolute atomic E-state index is 0.281. The highest BCUT2D eigenvalue weighted by atomic mass is 16.4. The summed E-state index contributed by atoms with van der Waals surface area (Å²) in [4.78, 5) is 12.8. The number of carbonyl (C=O) groups is 1. The van der Waals surface area contributed by atoms with Gasteiger partial charge in [-0.2, -0.15) is 0 Å². The molecule has 0 atom stereocenters. The van der Waals surface area contributed by atoms with E-state index in [1.807, 2.05) is 0 Å². The van der Waals surface area contributed by atoms with E-state index >= 15 is 0 Å². The van der Waals surface area contributed by atoms with Gasteiger partial charge in [0.25, 0.3) is 0 Å². The summed E-state index contributed by atoms with van der Waals surface area (Å²) in [5.74, 6) is -0.0533. The van der Waals surface area contributed by atoms with Crippen molar-refractivity contribution in [3.63, 3.8) is 0 Å². The molecule has 1 N–H and O–H groups in total. The van der Waals surface area contributed by atoms with E-state index in [9.17, 15) is 4.79 Å². The number of nitrogens with zero attached hydrogens (tertiary/aromatic N) is 1. The Morgan fingerprint density at radius 3 is 2.50 bits per heavy atom. The van der Waals surface area contributed by atoms with E-state index in [2.05, 4.69) is 18.7 Å². The van der Waals surface area contributed by atoms with Crippen LogP contribution < -0.4 is 0 Å². The number of carboxylic acid groups (broad SMARTS) is 1. The zero-order chi connectivity index (χ0) is 10.6. The zero-order valence-electron chi connectivity index (χ0n) is 9.20. The number of rotatable bonds is 6. The first-order valence-corrected chi connectivity index (χ1v) is 5.55. The van der Waals surface area contributed by atoms with Crippen LogP contribution in [0.3, 0.4) is 0 Å². The first kappa shape index (κ1) is 11.5. The largest absolute Gasteiger partial charge is 0.481 e. The molecule has 1 aliphatic rings. The van der Waals surface area contributed by atoms with Gasteiger partial charge in [-0.1, -0.05) is 20.3 Å². The fraction of sp³-hybridized carbons (Fsp3) is 0.909. The van der Waals surface area contributed by atoms with Crippen LogP contribution in [0.2, 0.25) is 0 Å². The van der Waals surface area contributed by atoms with E-state index in [0.717, 1.165) is 13.1 Å². The molecule has 0 amide bonds. The van der Waals surface area contributed by atoms with Gasteiger partial charge in [-0.15, -0.1) is 0 Å². The van der Waals surface area contributed by atoms with Crippen molar-refractivity contribution in [2.45, 2.75) is 45.6 Å². The summed E-state index contributed by atoms with van der Waals surface area (Å²) in [6.07, 6.45) is 4.11. The molecule has 0 heterocycles. The van der Waals surface area contributed by atoms with Gasteiger partial charge in [0.05, 0.1) is 6.42 Å². The first-order chi connectivity index (χ1) is 6.59. The third-order valence-electron chi connectivity index (χ3n) is 2.80. The van der Waals surface area contributed by atoms with Crippen LogP contribution in [0, 0.1) is 5.92 Å². The molecule has 1 aliphatic carbocycles. The fourth-order valence-electron chi connectivity index (χ4n) is 1.88. The van der Waals surface area contributed by atoms with Crippen LogP contribution in [0.15, 0.2) is 0 Å². The van der Waals surface area contributed by atoms with E-state index in [-0.39, 0.29) is 6.42 Å². The van der Waals surface area contributed by atoms with Crippen LogP contribution in [0.1, 0.15) is 39.5 Å². The Labute approximate surface area is 86.1 Å². The molecule has 1 fully saturated rings. The molecular formula is C11H21NO2. The summed E-state index contributed by atoms with van der Waals surface area (Å²) in [5.41, 5.74) is 0. The number of carboxylic acids is 1. The summed E-state index contributed by atoms with van der Waals surface area (Å²) in [6, 6.07) is 0.664. The highest BCUT2D eigenvalue weighted by Gasteiger charge is 2.25. The van der Waals surface area contributed by atoms with E-state index in [1.165, 1.54) is 19.3 Å². The second-order valence-corrected chi connectivity index (χ2v) is 4.62. The molecule has 3 nitrogen and oxygen atoms in total. The molecule has 0 unspecified atom stereocenters. The minimum Gasteiger partial charge on any atom is -0.481 e. The van der Waals surface area contributed by atoms with Crippen LogP contribution in [0.4, 0.5) is 0 Å². The molecule has 0 bridgehead atoms. The molecule has 0 aromatic carbocycles. The van der Waals surface area contributed by atoms with Crippen molar-refractivity contribution >= 4 is 5.97 Å². The Kier molecular flexibility index (Phi) is 4.39. The molecule has 0 radical (unpaired) electrons. The number of aliphatic carboxylic acids is 1. The van der Waals surface area contributed by atoms with Crippen LogP contribution >= 0.6 is 0 Å². The zero-order valence-corrected chi connectivity index (χ0v) is 9.20. The lowest BCUT2D eigenvalue weighted by Gasteiger charge is -2.38. The van der Waals surface area contributed by atoms with Crippen molar-refractivity contribution in [1.29, 1.82) is 0 Å². The first-order valence-electron chi connectivity index (χ1n) is 5.55. The molecule has 82 valence electrons. The average Bonchev–Trinajstić information content (AvgIpc) is 1.95. The van der Waals surface area contributed by atoms with Crippen LogP contribution in [-0.4, -0.2) is 35.1 Å². The van der Waals surface area contributed by atoms with Crippen molar-refractivity contribution in [2.24, 2.45) is 5.92 Å². The van der Waals surface area contributed by atoms with E-state index < -0.39 is 5.97 Å².